The first kappa shape index (κ1) is 14.8. The number of aromatic nitrogens is 1. The number of benzene rings is 2. The fraction of sp³-hybridized carbons (Fsp3) is 0.286. The van der Waals surface area contributed by atoms with Crippen molar-refractivity contribution in [3.05, 3.63) is 59.6 Å². The van der Waals surface area contributed by atoms with Crippen LogP contribution < -0.4 is 5.73 Å². The molecule has 0 spiro atoms. The Hall–Kier alpha value is -2.73. The van der Waals surface area contributed by atoms with Gasteiger partial charge >= 0.3 is 0 Å². The highest BCUT2D eigenvalue weighted by Gasteiger charge is 2.20. The Morgan fingerprint density at radius 1 is 1.21 bits per heavy atom. The lowest BCUT2D eigenvalue weighted by Crippen LogP contribution is -2.17. The van der Waals surface area contributed by atoms with E-state index in [-0.39, 0.29) is 0 Å². The van der Waals surface area contributed by atoms with Gasteiger partial charge in [-0.15, -0.1) is 0 Å². The smallest absolute Gasteiger partial charge is 0.188 e. The van der Waals surface area contributed by atoms with Crippen molar-refractivity contribution in [2.45, 2.75) is 32.7 Å². The zero-order valence-corrected chi connectivity index (χ0v) is 13.9. The third-order valence-electron chi connectivity index (χ3n) is 5.34. The van der Waals surface area contributed by atoms with Gasteiger partial charge in [-0.1, -0.05) is 24.6 Å². The van der Waals surface area contributed by atoms with Crippen LogP contribution in [0.4, 0.5) is 11.4 Å². The van der Waals surface area contributed by atoms with Crippen LogP contribution >= 0.6 is 0 Å². The van der Waals surface area contributed by atoms with Crippen LogP contribution in [0.15, 0.2) is 42.6 Å². The summed E-state index contributed by atoms with van der Waals surface area (Å²) in [5, 5.41) is 1.15. The number of hydrogen-bond donors (Lipinski definition) is 1. The van der Waals surface area contributed by atoms with Crippen molar-refractivity contribution in [1.82, 2.24) is 4.57 Å². The summed E-state index contributed by atoms with van der Waals surface area (Å²) in [6.07, 6.45) is 6.25. The number of nitrogens with zero attached hydrogens (tertiary/aromatic N) is 2. The molecule has 0 unspecified atom stereocenters. The summed E-state index contributed by atoms with van der Waals surface area (Å²) in [5.74, 6) is 0.788. The minimum atomic E-state index is 0.687. The topological polar surface area (TPSA) is 35.3 Å². The van der Waals surface area contributed by atoms with Crippen molar-refractivity contribution in [3.63, 3.8) is 0 Å². The van der Waals surface area contributed by atoms with Crippen LogP contribution in [0.2, 0.25) is 0 Å². The molecule has 4 rings (SSSR count). The van der Waals surface area contributed by atoms with E-state index < -0.39 is 0 Å². The van der Waals surface area contributed by atoms with Crippen LogP contribution in [0.25, 0.3) is 26.9 Å². The van der Waals surface area contributed by atoms with Gasteiger partial charge in [0, 0.05) is 29.5 Å². The van der Waals surface area contributed by atoms with E-state index in [9.17, 15) is 0 Å². The SMILES string of the molecule is [C-]#[N+]c1ccc2c(c1)c(-c1cccc(N)c1C)cn2CC1CCC1. The molecular weight excluding hydrogens is 294 g/mol. The lowest BCUT2D eigenvalue weighted by molar-refractivity contribution is 0.280. The number of nitrogens with two attached hydrogens (primary N) is 1. The quantitative estimate of drug-likeness (QED) is 0.499. The van der Waals surface area contributed by atoms with Gasteiger partial charge < -0.3 is 10.3 Å². The van der Waals surface area contributed by atoms with Gasteiger partial charge in [-0.3, -0.25) is 0 Å². The first-order chi connectivity index (χ1) is 11.7. The molecular formula is C21H21N3. The van der Waals surface area contributed by atoms with Crippen molar-refractivity contribution < 1.29 is 0 Å². The first-order valence-corrected chi connectivity index (χ1v) is 8.53. The maximum atomic E-state index is 7.33. The molecule has 1 aliphatic carbocycles. The van der Waals surface area contributed by atoms with Crippen LogP contribution in [0.3, 0.4) is 0 Å². The second kappa shape index (κ2) is 5.72. The molecule has 1 aromatic heterocycles. The molecule has 1 saturated carbocycles. The predicted molar refractivity (Wildman–Crippen MR) is 100 cm³/mol. The maximum Gasteiger partial charge on any atom is 0.188 e. The summed E-state index contributed by atoms with van der Waals surface area (Å²) in [7, 11) is 0. The van der Waals surface area contributed by atoms with E-state index in [4.69, 9.17) is 12.3 Å². The number of fused-ring (bicyclic) bond motifs is 1. The third kappa shape index (κ3) is 2.35. The molecule has 24 heavy (non-hydrogen) atoms. The minimum Gasteiger partial charge on any atom is -0.398 e. The van der Waals surface area contributed by atoms with Crippen molar-refractivity contribution >= 4 is 22.3 Å². The van der Waals surface area contributed by atoms with Crippen LogP contribution in [-0.2, 0) is 6.54 Å². The normalized spacial score (nSPS) is 14.5. The molecule has 120 valence electrons. The van der Waals surface area contributed by atoms with Gasteiger partial charge in [0.2, 0.25) is 0 Å². The highest BCUT2D eigenvalue weighted by atomic mass is 15.0. The molecule has 0 amide bonds. The fourth-order valence-corrected chi connectivity index (χ4v) is 3.62. The monoisotopic (exact) mass is 315 g/mol. The van der Waals surface area contributed by atoms with Crippen LogP contribution in [0.5, 0.6) is 0 Å². The summed E-state index contributed by atoms with van der Waals surface area (Å²) in [6.45, 7) is 10.5. The number of hydrogen-bond acceptors (Lipinski definition) is 1. The lowest BCUT2D eigenvalue weighted by Gasteiger charge is -2.26. The maximum absolute atomic E-state index is 7.33. The molecule has 0 aliphatic heterocycles. The molecule has 3 nitrogen and oxygen atoms in total. The Morgan fingerprint density at radius 2 is 2.04 bits per heavy atom. The Kier molecular flexibility index (Phi) is 3.54. The van der Waals surface area contributed by atoms with Crippen molar-refractivity contribution in [2.24, 2.45) is 5.92 Å². The summed E-state index contributed by atoms with van der Waals surface area (Å²) in [5.41, 5.74) is 12.3. The van der Waals surface area contributed by atoms with Crippen LogP contribution in [-0.4, -0.2) is 4.57 Å². The Labute approximate surface area is 142 Å². The third-order valence-corrected chi connectivity index (χ3v) is 5.34. The zero-order chi connectivity index (χ0) is 16.7. The minimum absolute atomic E-state index is 0.687. The van der Waals surface area contributed by atoms with Gasteiger partial charge in [-0.2, -0.15) is 0 Å². The Morgan fingerprint density at radius 3 is 2.75 bits per heavy atom. The highest BCUT2D eigenvalue weighted by molar-refractivity contribution is 5.99. The van der Waals surface area contributed by atoms with E-state index in [2.05, 4.69) is 34.7 Å². The number of anilines is 1. The van der Waals surface area contributed by atoms with Crippen molar-refractivity contribution in [3.8, 4) is 11.1 Å². The molecule has 0 saturated heterocycles. The summed E-state index contributed by atoms with van der Waals surface area (Å²) < 4.78 is 2.37. The fourth-order valence-electron chi connectivity index (χ4n) is 3.62. The van der Waals surface area contributed by atoms with Gasteiger partial charge in [0.25, 0.3) is 0 Å². The molecule has 1 fully saturated rings. The molecule has 0 radical (unpaired) electrons. The molecule has 1 heterocycles. The van der Waals surface area contributed by atoms with Gasteiger partial charge in [-0.05, 0) is 60.4 Å². The van der Waals surface area contributed by atoms with Gasteiger partial charge in [-0.25, -0.2) is 4.85 Å². The van der Waals surface area contributed by atoms with Crippen LogP contribution in [0.1, 0.15) is 24.8 Å². The van der Waals surface area contributed by atoms with Crippen molar-refractivity contribution in [2.75, 3.05) is 5.73 Å². The summed E-state index contributed by atoms with van der Waals surface area (Å²) in [6, 6.07) is 12.1. The average molecular weight is 315 g/mol. The summed E-state index contributed by atoms with van der Waals surface area (Å²) in [4.78, 5) is 3.61. The van der Waals surface area contributed by atoms with E-state index in [0.717, 1.165) is 34.7 Å². The van der Waals surface area contributed by atoms with E-state index in [1.54, 1.807) is 0 Å². The van der Waals surface area contributed by atoms with Crippen molar-refractivity contribution in [1.29, 1.82) is 0 Å². The average Bonchev–Trinajstić information content (AvgIpc) is 2.91. The Bertz CT molecular complexity index is 955. The number of nitrogen functional groups attached to an aromatic ring is 1. The largest absolute Gasteiger partial charge is 0.398 e. The molecule has 3 heteroatoms. The molecule has 1 aliphatic rings. The molecule has 0 bridgehead atoms. The highest BCUT2D eigenvalue weighted by Crippen LogP contribution is 2.38. The number of rotatable bonds is 3. The first-order valence-electron chi connectivity index (χ1n) is 8.53. The van der Waals surface area contributed by atoms with E-state index in [1.165, 1.54) is 30.3 Å². The van der Waals surface area contributed by atoms with Gasteiger partial charge in [0.1, 0.15) is 0 Å². The van der Waals surface area contributed by atoms with Gasteiger partial charge in [0.05, 0.1) is 6.57 Å². The second-order valence-electron chi connectivity index (χ2n) is 6.83. The van der Waals surface area contributed by atoms with E-state index >= 15 is 0 Å². The summed E-state index contributed by atoms with van der Waals surface area (Å²) >= 11 is 0. The van der Waals surface area contributed by atoms with E-state index in [0.29, 0.717) is 5.69 Å². The predicted octanol–water partition coefficient (Wildman–Crippen LogP) is 5.55. The molecule has 0 atom stereocenters. The standard InChI is InChI=1S/C21H21N3/c1-14-17(7-4-8-20(14)22)19-13-24(12-15-5-3-6-15)21-10-9-16(23-2)11-18(19)21/h4,7-11,13,15H,3,5-6,12,22H2,1H3. The van der Waals surface area contributed by atoms with E-state index in [1.807, 2.05) is 24.3 Å². The Balaban J connectivity index is 1.93. The lowest BCUT2D eigenvalue weighted by atomic mass is 9.85. The van der Waals surface area contributed by atoms with Crippen LogP contribution in [0, 0.1) is 19.4 Å². The molecule has 2 N–H and O–H groups in total. The second-order valence-corrected chi connectivity index (χ2v) is 6.83. The van der Waals surface area contributed by atoms with Gasteiger partial charge in [0.15, 0.2) is 5.69 Å². The molecule has 3 aromatic rings. The zero-order valence-electron chi connectivity index (χ0n) is 13.9. The molecule has 2 aromatic carbocycles.